The Morgan fingerprint density at radius 1 is 1.21 bits per heavy atom. The van der Waals surface area contributed by atoms with Gasteiger partial charge in [0.2, 0.25) is 6.43 Å². The molecule has 6 heteroatoms. The van der Waals surface area contributed by atoms with Gasteiger partial charge in [0, 0.05) is 18.7 Å². The number of rotatable bonds is 2. The number of likely N-dealkylation sites (tertiary alicyclic amines) is 1. The summed E-state index contributed by atoms with van der Waals surface area (Å²) < 4.78 is 25.5. The van der Waals surface area contributed by atoms with Crippen LogP contribution in [0, 0.1) is 5.92 Å². The fourth-order valence-electron chi connectivity index (χ4n) is 2.21. The Morgan fingerprint density at radius 3 is 2.42 bits per heavy atom. The number of β-amino-alcohol motifs (C(OH)–C–C–N with tert-alkyl or cyclic N) is 1. The summed E-state index contributed by atoms with van der Waals surface area (Å²) in [5.41, 5.74) is 0.374. The fraction of sp³-hybridized carbons (Fsp3) is 0.462. The first-order valence-corrected chi connectivity index (χ1v) is 5.99. The van der Waals surface area contributed by atoms with E-state index < -0.39 is 30.5 Å². The SMILES string of the molecule is O=C(c1ccccc1)N1CC(O)C(O)C(C(F)F)C1. The van der Waals surface area contributed by atoms with E-state index in [9.17, 15) is 23.8 Å². The molecule has 1 heterocycles. The molecule has 1 fully saturated rings. The maximum absolute atomic E-state index is 12.8. The Kier molecular flexibility index (Phi) is 4.11. The number of hydrogen-bond acceptors (Lipinski definition) is 3. The van der Waals surface area contributed by atoms with Crippen LogP contribution in [-0.4, -0.2) is 52.7 Å². The van der Waals surface area contributed by atoms with Crippen molar-refractivity contribution in [3.63, 3.8) is 0 Å². The number of carbonyl (C=O) groups is 1. The molecule has 104 valence electrons. The average molecular weight is 271 g/mol. The number of halogens is 2. The topological polar surface area (TPSA) is 60.8 Å². The zero-order valence-corrected chi connectivity index (χ0v) is 10.1. The van der Waals surface area contributed by atoms with Gasteiger partial charge in [-0.3, -0.25) is 4.79 Å². The molecule has 2 rings (SSSR count). The molecule has 19 heavy (non-hydrogen) atoms. The van der Waals surface area contributed by atoms with Crippen LogP contribution >= 0.6 is 0 Å². The number of alkyl halides is 2. The Balaban J connectivity index is 2.15. The molecular formula is C13H15F2NO3. The fourth-order valence-corrected chi connectivity index (χ4v) is 2.21. The zero-order valence-electron chi connectivity index (χ0n) is 10.1. The van der Waals surface area contributed by atoms with Crippen LogP contribution in [-0.2, 0) is 0 Å². The van der Waals surface area contributed by atoms with Gasteiger partial charge in [-0.2, -0.15) is 0 Å². The molecule has 1 saturated heterocycles. The molecule has 2 N–H and O–H groups in total. The smallest absolute Gasteiger partial charge is 0.253 e. The standard InChI is InChI=1S/C13H15F2NO3/c14-12(15)9-6-16(7-10(17)11(9)18)13(19)8-4-2-1-3-5-8/h1-5,9-12,17-18H,6-7H2. The molecule has 1 aromatic rings. The highest BCUT2D eigenvalue weighted by atomic mass is 19.3. The number of benzene rings is 1. The Hall–Kier alpha value is -1.53. The lowest BCUT2D eigenvalue weighted by molar-refractivity contribution is -0.108. The van der Waals surface area contributed by atoms with Crippen molar-refractivity contribution >= 4 is 5.91 Å². The number of hydrogen-bond donors (Lipinski definition) is 2. The lowest BCUT2D eigenvalue weighted by atomic mass is 9.92. The highest BCUT2D eigenvalue weighted by Gasteiger charge is 2.41. The van der Waals surface area contributed by atoms with Crippen molar-refractivity contribution in [2.45, 2.75) is 18.6 Å². The van der Waals surface area contributed by atoms with E-state index in [0.717, 1.165) is 4.90 Å². The predicted octanol–water partition coefficient (Wildman–Crippen LogP) is 0.745. The average Bonchev–Trinajstić information content (AvgIpc) is 2.41. The number of nitrogens with zero attached hydrogens (tertiary/aromatic N) is 1. The minimum atomic E-state index is -2.78. The van der Waals surface area contributed by atoms with E-state index in [1.165, 1.54) is 0 Å². The zero-order chi connectivity index (χ0) is 14.0. The van der Waals surface area contributed by atoms with Gasteiger partial charge in [0.05, 0.1) is 18.1 Å². The third-order valence-electron chi connectivity index (χ3n) is 3.30. The largest absolute Gasteiger partial charge is 0.390 e. The normalized spacial score (nSPS) is 27.6. The molecule has 1 aliphatic rings. The number of aliphatic hydroxyl groups is 2. The van der Waals surface area contributed by atoms with Gasteiger partial charge in [0.1, 0.15) is 0 Å². The van der Waals surface area contributed by atoms with Crippen LogP contribution in [0.5, 0.6) is 0 Å². The number of piperidine rings is 1. The summed E-state index contributed by atoms with van der Waals surface area (Å²) in [5.74, 6) is -1.84. The van der Waals surface area contributed by atoms with Crippen molar-refractivity contribution in [3.05, 3.63) is 35.9 Å². The molecule has 0 spiro atoms. The highest BCUT2D eigenvalue weighted by Crippen LogP contribution is 2.24. The van der Waals surface area contributed by atoms with Crippen molar-refractivity contribution in [2.75, 3.05) is 13.1 Å². The summed E-state index contributed by atoms with van der Waals surface area (Å²) in [5, 5.41) is 19.1. The molecule has 0 saturated carbocycles. The maximum Gasteiger partial charge on any atom is 0.253 e. The van der Waals surface area contributed by atoms with Crippen molar-refractivity contribution in [1.29, 1.82) is 0 Å². The summed E-state index contributed by atoms with van der Waals surface area (Å²) >= 11 is 0. The third kappa shape index (κ3) is 2.90. The summed E-state index contributed by atoms with van der Waals surface area (Å²) in [6.07, 6.45) is -5.63. The van der Waals surface area contributed by atoms with E-state index in [1.807, 2.05) is 0 Å². The molecule has 3 atom stereocenters. The molecule has 0 radical (unpaired) electrons. The molecule has 1 aliphatic heterocycles. The molecule has 0 aromatic heterocycles. The van der Waals surface area contributed by atoms with E-state index in [0.29, 0.717) is 5.56 Å². The Bertz CT molecular complexity index is 441. The summed E-state index contributed by atoms with van der Waals surface area (Å²) in [4.78, 5) is 13.3. The van der Waals surface area contributed by atoms with E-state index in [1.54, 1.807) is 30.3 Å². The second kappa shape index (κ2) is 5.63. The van der Waals surface area contributed by atoms with Gasteiger partial charge in [-0.05, 0) is 12.1 Å². The quantitative estimate of drug-likeness (QED) is 0.834. The molecule has 1 amide bonds. The summed E-state index contributed by atoms with van der Waals surface area (Å²) in [7, 11) is 0. The second-order valence-electron chi connectivity index (χ2n) is 4.63. The number of amides is 1. The van der Waals surface area contributed by atoms with E-state index >= 15 is 0 Å². The van der Waals surface area contributed by atoms with E-state index in [4.69, 9.17) is 0 Å². The first-order chi connectivity index (χ1) is 9.00. The molecular weight excluding hydrogens is 256 g/mol. The van der Waals surface area contributed by atoms with Crippen LogP contribution in [0.25, 0.3) is 0 Å². The van der Waals surface area contributed by atoms with Crippen LogP contribution in [0.3, 0.4) is 0 Å². The van der Waals surface area contributed by atoms with Crippen LogP contribution in [0.15, 0.2) is 30.3 Å². The Morgan fingerprint density at radius 2 is 1.84 bits per heavy atom. The van der Waals surface area contributed by atoms with E-state index in [-0.39, 0.29) is 13.1 Å². The van der Waals surface area contributed by atoms with Crippen LogP contribution in [0.4, 0.5) is 8.78 Å². The lowest BCUT2D eigenvalue weighted by Gasteiger charge is -2.38. The van der Waals surface area contributed by atoms with Crippen molar-refractivity contribution in [3.8, 4) is 0 Å². The number of aliphatic hydroxyl groups excluding tert-OH is 2. The van der Waals surface area contributed by atoms with Gasteiger partial charge >= 0.3 is 0 Å². The van der Waals surface area contributed by atoms with Crippen LogP contribution in [0.1, 0.15) is 10.4 Å². The molecule has 4 nitrogen and oxygen atoms in total. The van der Waals surface area contributed by atoms with Crippen LogP contribution in [0.2, 0.25) is 0 Å². The van der Waals surface area contributed by atoms with Gasteiger partial charge in [-0.15, -0.1) is 0 Å². The monoisotopic (exact) mass is 271 g/mol. The summed E-state index contributed by atoms with van der Waals surface area (Å²) in [6, 6.07) is 8.25. The maximum atomic E-state index is 12.8. The molecule has 3 unspecified atom stereocenters. The van der Waals surface area contributed by atoms with E-state index in [2.05, 4.69) is 0 Å². The van der Waals surface area contributed by atoms with Gasteiger partial charge in [-0.25, -0.2) is 8.78 Å². The second-order valence-corrected chi connectivity index (χ2v) is 4.63. The minimum Gasteiger partial charge on any atom is -0.390 e. The van der Waals surface area contributed by atoms with Gasteiger partial charge in [0.25, 0.3) is 5.91 Å². The third-order valence-corrected chi connectivity index (χ3v) is 3.30. The van der Waals surface area contributed by atoms with Crippen LogP contribution < -0.4 is 0 Å². The van der Waals surface area contributed by atoms with Gasteiger partial charge in [0.15, 0.2) is 0 Å². The Labute approximate surface area is 109 Å². The summed E-state index contributed by atoms with van der Waals surface area (Å²) in [6.45, 7) is -0.401. The first kappa shape index (κ1) is 13.9. The van der Waals surface area contributed by atoms with Gasteiger partial charge in [-0.1, -0.05) is 18.2 Å². The minimum absolute atomic E-state index is 0.141. The first-order valence-electron chi connectivity index (χ1n) is 5.99. The van der Waals surface area contributed by atoms with Crippen molar-refractivity contribution in [2.24, 2.45) is 5.92 Å². The lowest BCUT2D eigenvalue weighted by Crippen LogP contribution is -2.56. The highest BCUT2D eigenvalue weighted by molar-refractivity contribution is 5.94. The predicted molar refractivity (Wildman–Crippen MR) is 63.9 cm³/mol. The van der Waals surface area contributed by atoms with Crippen molar-refractivity contribution < 1.29 is 23.8 Å². The van der Waals surface area contributed by atoms with Gasteiger partial charge < -0.3 is 15.1 Å². The number of carbonyl (C=O) groups excluding carboxylic acids is 1. The molecule has 0 aliphatic carbocycles. The molecule has 1 aromatic carbocycles. The molecule has 0 bridgehead atoms. The van der Waals surface area contributed by atoms with Crippen molar-refractivity contribution in [1.82, 2.24) is 4.90 Å².